The molecule has 1 fully saturated rings. The van der Waals surface area contributed by atoms with Gasteiger partial charge in [-0.2, -0.15) is 4.98 Å². The lowest BCUT2D eigenvalue weighted by molar-refractivity contribution is -0.127. The third-order valence-electron chi connectivity index (χ3n) is 4.52. The van der Waals surface area contributed by atoms with Crippen LogP contribution in [0.15, 0.2) is 56.9 Å². The molecule has 0 atom stereocenters. The average Bonchev–Trinajstić information content (AvgIpc) is 3.38. The van der Waals surface area contributed by atoms with Gasteiger partial charge in [0.05, 0.1) is 11.4 Å². The number of halogens is 1. The highest BCUT2D eigenvalue weighted by Crippen LogP contribution is 2.21. The molecule has 3 heterocycles. The molecule has 1 saturated heterocycles. The Bertz CT molecular complexity index is 962. The molecule has 1 aliphatic rings. The molecule has 6 nitrogen and oxygen atoms in total. The standard InChI is InChI=1S/C20H19BrN4O2S/c21-16-4-1-3-15(13-16)6-7-19(26)25-10-8-24(9-11-25)14-18-22-20(23-27-18)17-5-2-12-28-17/h1-7,12-13H,8-11,14H2/b7-6+. The van der Waals surface area contributed by atoms with Crippen molar-refractivity contribution in [2.75, 3.05) is 26.2 Å². The lowest BCUT2D eigenvalue weighted by atomic mass is 10.2. The predicted octanol–water partition coefficient (Wildman–Crippen LogP) is 3.92. The molecule has 0 spiro atoms. The summed E-state index contributed by atoms with van der Waals surface area (Å²) in [7, 11) is 0. The van der Waals surface area contributed by atoms with Gasteiger partial charge in [0.2, 0.25) is 17.6 Å². The quantitative estimate of drug-likeness (QED) is 0.542. The van der Waals surface area contributed by atoms with E-state index in [-0.39, 0.29) is 5.91 Å². The van der Waals surface area contributed by atoms with Crippen molar-refractivity contribution in [1.82, 2.24) is 19.9 Å². The van der Waals surface area contributed by atoms with Crippen LogP contribution < -0.4 is 0 Å². The first-order valence-electron chi connectivity index (χ1n) is 8.99. The van der Waals surface area contributed by atoms with E-state index in [1.807, 2.05) is 52.8 Å². The Balaban J connectivity index is 1.28. The molecule has 4 rings (SSSR count). The molecule has 1 aromatic carbocycles. The van der Waals surface area contributed by atoms with Crippen LogP contribution >= 0.6 is 27.3 Å². The van der Waals surface area contributed by atoms with Gasteiger partial charge in [0.15, 0.2) is 0 Å². The van der Waals surface area contributed by atoms with Crippen LogP contribution in [-0.4, -0.2) is 52.0 Å². The van der Waals surface area contributed by atoms with Gasteiger partial charge < -0.3 is 9.42 Å². The van der Waals surface area contributed by atoms with E-state index in [2.05, 4.69) is 31.0 Å². The number of carbonyl (C=O) groups excluding carboxylic acids is 1. The maximum absolute atomic E-state index is 12.4. The fourth-order valence-electron chi connectivity index (χ4n) is 3.03. The molecule has 144 valence electrons. The van der Waals surface area contributed by atoms with Crippen molar-refractivity contribution in [2.45, 2.75) is 6.54 Å². The monoisotopic (exact) mass is 458 g/mol. The topological polar surface area (TPSA) is 62.5 Å². The van der Waals surface area contributed by atoms with E-state index in [0.717, 1.165) is 28.0 Å². The number of piperazine rings is 1. The van der Waals surface area contributed by atoms with Crippen LogP contribution in [0.1, 0.15) is 11.5 Å². The van der Waals surface area contributed by atoms with Crippen LogP contribution in [0.3, 0.4) is 0 Å². The van der Waals surface area contributed by atoms with Crippen molar-refractivity contribution in [3.8, 4) is 10.7 Å². The molecule has 0 N–H and O–H groups in total. The fraction of sp³-hybridized carbons (Fsp3) is 0.250. The molecule has 0 radical (unpaired) electrons. The lowest BCUT2D eigenvalue weighted by Gasteiger charge is -2.33. The average molecular weight is 459 g/mol. The van der Waals surface area contributed by atoms with Gasteiger partial charge in [-0.05, 0) is 35.2 Å². The Hall–Kier alpha value is -2.29. The number of carbonyl (C=O) groups is 1. The zero-order chi connectivity index (χ0) is 19.3. The second-order valence-electron chi connectivity index (χ2n) is 6.48. The van der Waals surface area contributed by atoms with Crippen LogP contribution in [0.2, 0.25) is 0 Å². The number of thiophene rings is 1. The number of aromatic nitrogens is 2. The summed E-state index contributed by atoms with van der Waals surface area (Å²) in [6.45, 7) is 3.55. The van der Waals surface area contributed by atoms with Gasteiger partial charge >= 0.3 is 0 Å². The van der Waals surface area contributed by atoms with Gasteiger partial charge in [0.25, 0.3) is 0 Å². The number of amides is 1. The first kappa shape index (κ1) is 19.0. The van der Waals surface area contributed by atoms with E-state index in [4.69, 9.17) is 4.52 Å². The third kappa shape index (κ3) is 4.76. The molecule has 2 aromatic heterocycles. The maximum atomic E-state index is 12.4. The molecule has 3 aromatic rings. The zero-order valence-electron chi connectivity index (χ0n) is 15.1. The van der Waals surface area contributed by atoms with Crippen LogP contribution in [0.5, 0.6) is 0 Å². The lowest BCUT2D eigenvalue weighted by Crippen LogP contribution is -2.47. The first-order chi connectivity index (χ1) is 13.7. The minimum absolute atomic E-state index is 0.0393. The number of rotatable bonds is 5. The highest BCUT2D eigenvalue weighted by molar-refractivity contribution is 9.10. The summed E-state index contributed by atoms with van der Waals surface area (Å²) in [4.78, 5) is 22.0. The Kier molecular flexibility index (Phi) is 5.99. The Labute approximate surface area is 175 Å². The molecule has 0 aliphatic carbocycles. The van der Waals surface area contributed by atoms with Crippen molar-refractivity contribution >= 4 is 39.2 Å². The van der Waals surface area contributed by atoms with Crippen molar-refractivity contribution in [1.29, 1.82) is 0 Å². The highest BCUT2D eigenvalue weighted by Gasteiger charge is 2.21. The van der Waals surface area contributed by atoms with Crippen molar-refractivity contribution < 1.29 is 9.32 Å². The Morgan fingerprint density at radius 3 is 2.82 bits per heavy atom. The van der Waals surface area contributed by atoms with E-state index in [1.54, 1.807) is 17.4 Å². The molecule has 1 amide bonds. The first-order valence-corrected chi connectivity index (χ1v) is 10.7. The summed E-state index contributed by atoms with van der Waals surface area (Å²) in [5.74, 6) is 1.28. The van der Waals surface area contributed by atoms with Gasteiger partial charge in [0, 0.05) is 36.7 Å². The van der Waals surface area contributed by atoms with E-state index in [9.17, 15) is 4.79 Å². The maximum Gasteiger partial charge on any atom is 0.246 e. The second kappa shape index (κ2) is 8.81. The van der Waals surface area contributed by atoms with Crippen LogP contribution in [0.25, 0.3) is 16.8 Å². The molecular weight excluding hydrogens is 440 g/mol. The minimum atomic E-state index is 0.0393. The van der Waals surface area contributed by atoms with Crippen LogP contribution in [0.4, 0.5) is 0 Å². The highest BCUT2D eigenvalue weighted by atomic mass is 79.9. The van der Waals surface area contributed by atoms with Crippen molar-refractivity contribution in [3.63, 3.8) is 0 Å². The van der Waals surface area contributed by atoms with Gasteiger partial charge in [-0.3, -0.25) is 9.69 Å². The van der Waals surface area contributed by atoms with E-state index in [0.29, 0.717) is 31.3 Å². The molecule has 1 aliphatic heterocycles. The van der Waals surface area contributed by atoms with Crippen LogP contribution in [-0.2, 0) is 11.3 Å². The minimum Gasteiger partial charge on any atom is -0.338 e. The molecule has 28 heavy (non-hydrogen) atoms. The number of hydrogen-bond donors (Lipinski definition) is 0. The van der Waals surface area contributed by atoms with Gasteiger partial charge in [-0.25, -0.2) is 0 Å². The third-order valence-corrected chi connectivity index (χ3v) is 5.88. The summed E-state index contributed by atoms with van der Waals surface area (Å²) in [5, 5.41) is 6.04. The summed E-state index contributed by atoms with van der Waals surface area (Å²) in [6, 6.07) is 11.8. The van der Waals surface area contributed by atoms with Crippen molar-refractivity contribution in [3.05, 3.63) is 63.8 Å². The molecule has 8 heteroatoms. The van der Waals surface area contributed by atoms with Crippen molar-refractivity contribution in [2.24, 2.45) is 0 Å². The molecule has 0 saturated carbocycles. The molecular formula is C20H19BrN4O2S. The summed E-state index contributed by atoms with van der Waals surface area (Å²) < 4.78 is 6.37. The number of hydrogen-bond acceptors (Lipinski definition) is 6. The van der Waals surface area contributed by atoms with Gasteiger partial charge in [-0.15, -0.1) is 11.3 Å². The van der Waals surface area contributed by atoms with Crippen LogP contribution in [0, 0.1) is 0 Å². The van der Waals surface area contributed by atoms with Gasteiger partial charge in [-0.1, -0.05) is 39.3 Å². The zero-order valence-corrected chi connectivity index (χ0v) is 17.5. The SMILES string of the molecule is O=C(/C=C/c1cccc(Br)c1)N1CCN(Cc2nc(-c3cccs3)no2)CC1. The number of benzene rings is 1. The molecule has 0 bridgehead atoms. The summed E-state index contributed by atoms with van der Waals surface area (Å²) >= 11 is 5.03. The fourth-order valence-corrected chi connectivity index (χ4v) is 4.09. The normalized spacial score (nSPS) is 15.4. The van der Waals surface area contributed by atoms with E-state index < -0.39 is 0 Å². The molecule has 0 unspecified atom stereocenters. The smallest absolute Gasteiger partial charge is 0.246 e. The Morgan fingerprint density at radius 2 is 2.07 bits per heavy atom. The van der Waals surface area contributed by atoms with E-state index >= 15 is 0 Å². The van der Waals surface area contributed by atoms with Gasteiger partial charge in [0.1, 0.15) is 0 Å². The van der Waals surface area contributed by atoms with E-state index in [1.165, 1.54) is 0 Å². The Morgan fingerprint density at radius 1 is 1.21 bits per heavy atom. The number of nitrogens with zero attached hydrogens (tertiary/aromatic N) is 4. The summed E-state index contributed by atoms with van der Waals surface area (Å²) in [5.41, 5.74) is 0.999. The largest absolute Gasteiger partial charge is 0.338 e. The predicted molar refractivity (Wildman–Crippen MR) is 113 cm³/mol. The second-order valence-corrected chi connectivity index (χ2v) is 8.34. The summed E-state index contributed by atoms with van der Waals surface area (Å²) in [6.07, 6.45) is 3.49.